The van der Waals surface area contributed by atoms with Crippen LogP contribution in [0.5, 0.6) is 5.75 Å². The SMILES string of the molecule is CC#CC[C@@H](C)[C@H](O)C=C[C@@H]1[C@H]2c3cccc(CCCCC)c3O[C@H]2C[C@H]1O.CNC. The second-order valence-electron chi connectivity index (χ2n) is 8.84. The predicted octanol–water partition coefficient (Wildman–Crippen LogP) is 4.45. The number of aliphatic hydroxyl groups excluding tert-OH is 2. The molecular formula is C27H41NO3. The molecule has 4 nitrogen and oxygen atoms in total. The molecule has 1 aliphatic carbocycles. The van der Waals surface area contributed by atoms with Crippen LogP contribution in [-0.4, -0.2) is 42.6 Å². The van der Waals surface area contributed by atoms with Crippen LogP contribution in [0.15, 0.2) is 30.4 Å². The molecule has 0 spiro atoms. The molecule has 0 unspecified atom stereocenters. The zero-order chi connectivity index (χ0) is 22.8. The molecular weight excluding hydrogens is 386 g/mol. The Morgan fingerprint density at radius 1 is 1.29 bits per heavy atom. The molecule has 0 bridgehead atoms. The molecule has 1 aromatic rings. The lowest BCUT2D eigenvalue weighted by atomic mass is 9.86. The summed E-state index contributed by atoms with van der Waals surface area (Å²) in [5.74, 6) is 7.19. The third kappa shape index (κ3) is 6.59. The van der Waals surface area contributed by atoms with E-state index in [4.69, 9.17) is 4.74 Å². The lowest BCUT2D eigenvalue weighted by Crippen LogP contribution is -2.19. The van der Waals surface area contributed by atoms with Crippen molar-refractivity contribution in [3.05, 3.63) is 41.5 Å². The van der Waals surface area contributed by atoms with E-state index in [-0.39, 0.29) is 23.9 Å². The summed E-state index contributed by atoms with van der Waals surface area (Å²) in [6, 6.07) is 6.45. The standard InChI is InChI=1S/C25H34O3.C2H7N/c1-4-6-8-11-18-12-9-13-20-24-19(22(27)16-23(24)28-25(18)20)14-15-21(26)17(3)10-7-5-2;1-3-2/h9,12-15,17,19,21-24,26-27H,4,6,8,10-11,16H2,1-3H3;3H,1-2H3/t17-,19+,21-,22-,23+,24+;/m1./s1. The number of benzene rings is 1. The number of hydrogen-bond donors (Lipinski definition) is 3. The summed E-state index contributed by atoms with van der Waals surface area (Å²) >= 11 is 0. The zero-order valence-electron chi connectivity index (χ0n) is 19.9. The minimum absolute atomic E-state index is 0.0174. The highest BCUT2D eigenvalue weighted by molar-refractivity contribution is 5.49. The van der Waals surface area contributed by atoms with Crippen molar-refractivity contribution in [2.24, 2.45) is 11.8 Å². The summed E-state index contributed by atoms with van der Waals surface area (Å²) in [7, 11) is 3.75. The van der Waals surface area contributed by atoms with E-state index in [9.17, 15) is 10.2 Å². The van der Waals surface area contributed by atoms with Crippen molar-refractivity contribution in [1.29, 1.82) is 0 Å². The maximum Gasteiger partial charge on any atom is 0.126 e. The molecule has 6 atom stereocenters. The van der Waals surface area contributed by atoms with Gasteiger partial charge in [-0.1, -0.05) is 57.0 Å². The van der Waals surface area contributed by atoms with E-state index in [0.29, 0.717) is 12.8 Å². The zero-order valence-corrected chi connectivity index (χ0v) is 19.9. The first kappa shape index (κ1) is 25.5. The van der Waals surface area contributed by atoms with Crippen LogP contribution in [0.25, 0.3) is 0 Å². The van der Waals surface area contributed by atoms with Crippen molar-refractivity contribution in [3.8, 4) is 17.6 Å². The van der Waals surface area contributed by atoms with Crippen LogP contribution < -0.4 is 10.1 Å². The predicted molar refractivity (Wildman–Crippen MR) is 128 cm³/mol. The van der Waals surface area contributed by atoms with Crippen molar-refractivity contribution < 1.29 is 14.9 Å². The maximum atomic E-state index is 10.6. The molecule has 4 heteroatoms. The Labute approximate surface area is 189 Å². The molecule has 1 fully saturated rings. The number of ether oxygens (including phenoxy) is 1. The highest BCUT2D eigenvalue weighted by Crippen LogP contribution is 2.52. The first-order valence-electron chi connectivity index (χ1n) is 11.8. The van der Waals surface area contributed by atoms with Crippen molar-refractivity contribution in [3.63, 3.8) is 0 Å². The van der Waals surface area contributed by atoms with Gasteiger partial charge in [0.25, 0.3) is 0 Å². The van der Waals surface area contributed by atoms with Crippen LogP contribution >= 0.6 is 0 Å². The topological polar surface area (TPSA) is 61.7 Å². The number of rotatable bonds is 8. The average Bonchev–Trinajstić information content (AvgIpc) is 3.26. The van der Waals surface area contributed by atoms with E-state index in [2.05, 4.69) is 42.3 Å². The van der Waals surface area contributed by atoms with Crippen molar-refractivity contribution in [2.75, 3.05) is 14.1 Å². The smallest absolute Gasteiger partial charge is 0.126 e. The van der Waals surface area contributed by atoms with Gasteiger partial charge in [0.15, 0.2) is 0 Å². The van der Waals surface area contributed by atoms with Crippen LogP contribution in [0.1, 0.15) is 69.9 Å². The van der Waals surface area contributed by atoms with Crippen molar-refractivity contribution in [2.45, 2.75) is 83.5 Å². The normalized spacial score (nSPS) is 25.5. The van der Waals surface area contributed by atoms with E-state index in [0.717, 1.165) is 12.2 Å². The lowest BCUT2D eigenvalue weighted by molar-refractivity contribution is 0.134. The summed E-state index contributed by atoms with van der Waals surface area (Å²) < 4.78 is 6.33. The summed E-state index contributed by atoms with van der Waals surface area (Å²) in [4.78, 5) is 0. The minimum Gasteiger partial charge on any atom is -0.489 e. The molecule has 1 aliphatic heterocycles. The second-order valence-corrected chi connectivity index (χ2v) is 8.84. The van der Waals surface area contributed by atoms with Crippen molar-refractivity contribution in [1.82, 2.24) is 5.32 Å². The molecule has 0 radical (unpaired) electrons. The summed E-state index contributed by atoms with van der Waals surface area (Å²) in [6.07, 6.45) is 8.92. The Balaban J connectivity index is 0.00000107. The molecule has 172 valence electrons. The van der Waals surface area contributed by atoms with Crippen molar-refractivity contribution >= 4 is 0 Å². The van der Waals surface area contributed by atoms with Gasteiger partial charge in [-0.2, -0.15) is 0 Å². The number of aryl methyl sites for hydroxylation is 1. The molecule has 2 aliphatic rings. The second kappa shape index (κ2) is 12.9. The molecule has 0 saturated heterocycles. The van der Waals surface area contributed by atoms with Gasteiger partial charge in [0.2, 0.25) is 0 Å². The maximum absolute atomic E-state index is 10.6. The first-order chi connectivity index (χ1) is 15.0. The van der Waals surface area contributed by atoms with E-state index in [1.165, 1.54) is 30.4 Å². The minimum atomic E-state index is -0.547. The fraction of sp³-hybridized carbons (Fsp3) is 0.630. The Kier molecular flexibility index (Phi) is 10.6. The molecule has 31 heavy (non-hydrogen) atoms. The van der Waals surface area contributed by atoms with Gasteiger partial charge >= 0.3 is 0 Å². The number of hydrogen-bond acceptors (Lipinski definition) is 4. The number of unbranched alkanes of at least 4 members (excludes halogenated alkanes) is 2. The number of para-hydroxylation sites is 1. The third-order valence-electron chi connectivity index (χ3n) is 6.25. The number of aliphatic hydroxyl groups is 2. The van der Waals surface area contributed by atoms with E-state index < -0.39 is 12.2 Å². The average molecular weight is 428 g/mol. The van der Waals surface area contributed by atoms with Gasteiger partial charge < -0.3 is 20.3 Å². The van der Waals surface area contributed by atoms with Gasteiger partial charge in [0.1, 0.15) is 11.9 Å². The van der Waals surface area contributed by atoms with Gasteiger partial charge in [-0.15, -0.1) is 11.8 Å². The van der Waals surface area contributed by atoms with Crippen LogP contribution in [0.4, 0.5) is 0 Å². The van der Waals surface area contributed by atoms with Gasteiger partial charge in [-0.05, 0) is 45.3 Å². The molecule has 1 heterocycles. The monoisotopic (exact) mass is 427 g/mol. The Morgan fingerprint density at radius 2 is 2.03 bits per heavy atom. The number of fused-ring (bicyclic) bond motifs is 3. The molecule has 0 aromatic heterocycles. The highest BCUT2D eigenvalue weighted by Gasteiger charge is 2.48. The Bertz CT molecular complexity index is 763. The van der Waals surface area contributed by atoms with Gasteiger partial charge in [-0.3, -0.25) is 0 Å². The van der Waals surface area contributed by atoms with E-state index in [1.807, 2.05) is 40.1 Å². The summed E-state index contributed by atoms with van der Waals surface area (Å²) in [5, 5.41) is 23.8. The summed E-state index contributed by atoms with van der Waals surface area (Å²) in [6.45, 7) is 6.04. The fourth-order valence-electron chi connectivity index (χ4n) is 4.55. The highest BCUT2D eigenvalue weighted by atomic mass is 16.5. The third-order valence-corrected chi connectivity index (χ3v) is 6.25. The first-order valence-corrected chi connectivity index (χ1v) is 11.8. The van der Waals surface area contributed by atoms with Gasteiger partial charge in [0, 0.05) is 30.2 Å². The van der Waals surface area contributed by atoms with Crippen LogP contribution in [0.3, 0.4) is 0 Å². The van der Waals surface area contributed by atoms with E-state index >= 15 is 0 Å². The van der Waals surface area contributed by atoms with Crippen LogP contribution in [0, 0.1) is 23.7 Å². The van der Waals surface area contributed by atoms with Gasteiger partial charge in [0.05, 0.1) is 12.2 Å². The Morgan fingerprint density at radius 3 is 2.71 bits per heavy atom. The molecule has 0 amide bonds. The van der Waals surface area contributed by atoms with E-state index in [1.54, 1.807) is 0 Å². The lowest BCUT2D eigenvalue weighted by Gasteiger charge is -2.19. The van der Waals surface area contributed by atoms with Crippen LogP contribution in [0.2, 0.25) is 0 Å². The number of nitrogens with one attached hydrogen (secondary N) is 1. The summed E-state index contributed by atoms with van der Waals surface area (Å²) in [5.41, 5.74) is 2.52. The van der Waals surface area contributed by atoms with Crippen LogP contribution in [-0.2, 0) is 6.42 Å². The quantitative estimate of drug-likeness (QED) is 0.326. The molecule has 3 rings (SSSR count). The molecule has 1 saturated carbocycles. The molecule has 3 N–H and O–H groups in total. The molecule has 1 aromatic carbocycles. The van der Waals surface area contributed by atoms with Gasteiger partial charge in [-0.25, -0.2) is 0 Å². The fourth-order valence-corrected chi connectivity index (χ4v) is 4.55. The largest absolute Gasteiger partial charge is 0.489 e. The Hall–Kier alpha value is -1.80.